The lowest BCUT2D eigenvalue weighted by atomic mass is 10.2. The number of aromatic carboxylic acids is 1. The molecule has 0 aliphatic carbocycles. The number of carboxylic acids is 1. The first-order chi connectivity index (χ1) is 18.3. The Bertz CT molecular complexity index is 1450. The highest BCUT2D eigenvalue weighted by Gasteiger charge is 2.41. The number of anilines is 1. The number of hydrogen-bond donors (Lipinski definition) is 2. The van der Waals surface area contributed by atoms with Crippen molar-refractivity contribution in [2.24, 2.45) is 0 Å². The topological polar surface area (TPSA) is 129 Å². The molecule has 0 spiro atoms. The Kier molecular flexibility index (Phi) is 8.13. The van der Waals surface area contributed by atoms with Crippen molar-refractivity contribution in [3.05, 3.63) is 70.7 Å². The second-order valence-electron chi connectivity index (χ2n) is 8.52. The molecule has 1 fully saturated rings. The first-order valence-electron chi connectivity index (χ1n) is 11.5. The van der Waals surface area contributed by atoms with Crippen LogP contribution >= 0.6 is 11.3 Å². The van der Waals surface area contributed by atoms with Crippen molar-refractivity contribution in [2.75, 3.05) is 24.5 Å². The van der Waals surface area contributed by atoms with E-state index in [4.69, 9.17) is 0 Å². The summed E-state index contributed by atoms with van der Waals surface area (Å²) in [6.07, 6.45) is -4.94. The number of aromatic nitrogens is 1. The maximum Gasteiger partial charge on any atom is 0.573 e. The Morgan fingerprint density at radius 2 is 1.79 bits per heavy atom. The number of rotatable bonds is 8. The summed E-state index contributed by atoms with van der Waals surface area (Å²) >= 11 is 0.919. The average molecular weight is 585 g/mol. The molecule has 10 nitrogen and oxygen atoms in total. The third-order valence-electron chi connectivity index (χ3n) is 5.86. The summed E-state index contributed by atoms with van der Waals surface area (Å²) in [5, 5.41) is 12.4. The van der Waals surface area contributed by atoms with E-state index >= 15 is 0 Å². The Hall–Kier alpha value is -3.69. The van der Waals surface area contributed by atoms with Gasteiger partial charge in [0.25, 0.3) is 0 Å². The summed E-state index contributed by atoms with van der Waals surface area (Å²) in [6.45, 7) is 1.49. The zero-order valence-electron chi connectivity index (χ0n) is 20.4. The fraction of sp³-hybridized carbons (Fsp3) is 0.292. The van der Waals surface area contributed by atoms with Crippen LogP contribution in [0.25, 0.3) is 0 Å². The van der Waals surface area contributed by atoms with Crippen LogP contribution in [0.3, 0.4) is 0 Å². The minimum atomic E-state index is -4.94. The number of halogens is 3. The van der Waals surface area contributed by atoms with Crippen LogP contribution in [0, 0.1) is 6.92 Å². The number of nitrogens with one attached hydrogen (secondary N) is 1. The molecule has 208 valence electrons. The minimum Gasteiger partial charge on any atom is -0.477 e. The number of alkyl halides is 3. The van der Waals surface area contributed by atoms with Gasteiger partial charge in [0.1, 0.15) is 16.7 Å². The molecule has 4 rings (SSSR count). The molecule has 2 aromatic carbocycles. The van der Waals surface area contributed by atoms with Crippen LogP contribution in [0.2, 0.25) is 0 Å². The van der Waals surface area contributed by atoms with E-state index in [1.54, 1.807) is 36.1 Å². The number of nitrogens with zero attached hydrogens (tertiary/aromatic N) is 3. The van der Waals surface area contributed by atoms with Gasteiger partial charge >= 0.3 is 12.3 Å². The van der Waals surface area contributed by atoms with Crippen molar-refractivity contribution in [1.29, 1.82) is 0 Å². The van der Waals surface area contributed by atoms with Gasteiger partial charge in [-0.2, -0.15) is 4.31 Å². The van der Waals surface area contributed by atoms with Gasteiger partial charge in [-0.15, -0.1) is 13.2 Å². The molecule has 2 N–H and O–H groups in total. The Morgan fingerprint density at radius 3 is 2.38 bits per heavy atom. The number of carbonyl (C=O) groups excluding carboxylic acids is 1. The zero-order chi connectivity index (χ0) is 28.4. The molecule has 1 saturated heterocycles. The van der Waals surface area contributed by atoms with Crippen molar-refractivity contribution < 1.29 is 41.0 Å². The van der Waals surface area contributed by atoms with E-state index in [1.807, 2.05) is 6.07 Å². The average Bonchev–Trinajstić information content (AvgIpc) is 3.29. The van der Waals surface area contributed by atoms with Crippen molar-refractivity contribution >= 4 is 38.4 Å². The molecule has 1 aromatic heterocycles. The summed E-state index contributed by atoms with van der Waals surface area (Å²) in [7, 11) is -4.32. The quantitative estimate of drug-likeness (QED) is 0.413. The van der Waals surface area contributed by atoms with Crippen LogP contribution in [0.15, 0.2) is 59.5 Å². The Morgan fingerprint density at radius 1 is 1.13 bits per heavy atom. The third kappa shape index (κ3) is 6.66. The molecule has 15 heteroatoms. The van der Waals surface area contributed by atoms with Crippen LogP contribution in [0.1, 0.15) is 20.9 Å². The number of amides is 1. The molecule has 1 atom stereocenters. The molecule has 39 heavy (non-hydrogen) atoms. The van der Waals surface area contributed by atoms with Crippen molar-refractivity contribution in [3.63, 3.8) is 0 Å². The van der Waals surface area contributed by atoms with Crippen molar-refractivity contribution in [3.8, 4) is 5.75 Å². The number of ether oxygens (including phenoxy) is 1. The lowest BCUT2D eigenvalue weighted by Gasteiger charge is -2.39. The van der Waals surface area contributed by atoms with Crippen LogP contribution in [0.4, 0.5) is 18.3 Å². The highest BCUT2D eigenvalue weighted by molar-refractivity contribution is 7.89. The van der Waals surface area contributed by atoms with E-state index in [2.05, 4.69) is 15.0 Å². The molecule has 0 radical (unpaired) electrons. The van der Waals surface area contributed by atoms with E-state index in [0.717, 1.165) is 45.5 Å². The molecule has 3 aromatic rings. The Balaban J connectivity index is 1.61. The molecule has 2 heterocycles. The lowest BCUT2D eigenvalue weighted by Crippen LogP contribution is -2.60. The van der Waals surface area contributed by atoms with Crippen LogP contribution in [-0.2, 0) is 21.4 Å². The number of carboxylic acid groups (broad SMARTS) is 1. The summed E-state index contributed by atoms with van der Waals surface area (Å²) < 4.78 is 69.4. The number of thiazole rings is 1. The van der Waals surface area contributed by atoms with E-state index in [0.29, 0.717) is 10.8 Å². The predicted molar refractivity (Wildman–Crippen MR) is 135 cm³/mol. The number of carbonyl (C=O) groups is 2. The fourth-order valence-corrected chi connectivity index (χ4v) is 6.52. The minimum absolute atomic E-state index is 0.0336. The smallest absolute Gasteiger partial charge is 0.477 e. The summed E-state index contributed by atoms with van der Waals surface area (Å²) in [5.74, 6) is -2.33. The molecule has 0 unspecified atom stereocenters. The van der Waals surface area contributed by atoms with E-state index in [1.165, 1.54) is 0 Å². The van der Waals surface area contributed by atoms with Gasteiger partial charge in [0.05, 0.1) is 10.6 Å². The first-order valence-corrected chi connectivity index (χ1v) is 13.8. The molecule has 1 aliphatic rings. The predicted octanol–water partition coefficient (Wildman–Crippen LogP) is 3.24. The van der Waals surface area contributed by atoms with Gasteiger partial charge < -0.3 is 20.1 Å². The monoisotopic (exact) mass is 584 g/mol. The summed E-state index contributed by atoms with van der Waals surface area (Å²) in [5.41, 5.74) is 1.08. The summed E-state index contributed by atoms with van der Waals surface area (Å²) in [4.78, 5) is 30.5. The highest BCUT2D eigenvalue weighted by atomic mass is 32.2. The van der Waals surface area contributed by atoms with Gasteiger partial charge in [-0.3, -0.25) is 4.79 Å². The Labute approximate surface area is 225 Å². The first kappa shape index (κ1) is 28.3. The van der Waals surface area contributed by atoms with Gasteiger partial charge in [-0.05, 0) is 36.8 Å². The zero-order valence-corrected chi connectivity index (χ0v) is 22.0. The molecular weight excluding hydrogens is 561 g/mol. The largest absolute Gasteiger partial charge is 0.573 e. The lowest BCUT2D eigenvalue weighted by molar-refractivity contribution is -0.274. The number of piperazine rings is 1. The molecule has 0 saturated carbocycles. The van der Waals surface area contributed by atoms with Crippen molar-refractivity contribution in [1.82, 2.24) is 14.6 Å². The van der Waals surface area contributed by atoms with Gasteiger partial charge in [0.2, 0.25) is 15.9 Å². The molecule has 1 aliphatic heterocycles. The van der Waals surface area contributed by atoms with Crippen LogP contribution in [-0.4, -0.2) is 66.7 Å². The third-order valence-corrected chi connectivity index (χ3v) is 8.99. The molecule has 0 bridgehead atoms. The normalized spacial score (nSPS) is 16.6. The maximum atomic E-state index is 13.5. The highest BCUT2D eigenvalue weighted by Crippen LogP contribution is 2.31. The molecular formula is C24H23F3N4O6S2. The van der Waals surface area contributed by atoms with E-state index < -0.39 is 40.1 Å². The second-order valence-corrected chi connectivity index (χ2v) is 11.4. The molecule has 1 amide bonds. The van der Waals surface area contributed by atoms with Gasteiger partial charge in [-0.25, -0.2) is 18.2 Å². The van der Waals surface area contributed by atoms with Crippen molar-refractivity contribution in [2.45, 2.75) is 30.8 Å². The van der Waals surface area contributed by atoms with Crippen LogP contribution < -0.4 is 15.0 Å². The standard InChI is InChI=1S/C24H23F3N4O6S2/c1-15-20(22(33)34)38-23(29-15)30-11-12-31(19(14-30)21(32)28-13-16-5-3-2-4-6-16)39(35,36)18-9-7-17(8-10-18)37-24(25,26)27/h2-10,19H,11-14H2,1H3,(H,28,32)(H,33,34)/t19-/m1/s1. The van der Waals surface area contributed by atoms with Crippen LogP contribution in [0.5, 0.6) is 5.75 Å². The SMILES string of the molecule is Cc1nc(N2CCN(S(=O)(=O)c3ccc(OC(F)(F)F)cc3)[C@@H](C(=O)NCc3ccccc3)C2)sc1C(=O)O. The number of benzene rings is 2. The number of sulfonamides is 1. The van der Waals surface area contributed by atoms with Gasteiger partial charge in [0, 0.05) is 26.2 Å². The van der Waals surface area contributed by atoms with Gasteiger partial charge in [-0.1, -0.05) is 41.7 Å². The fourth-order valence-electron chi connectivity index (χ4n) is 4.01. The second kappa shape index (κ2) is 11.2. The van der Waals surface area contributed by atoms with E-state index in [-0.39, 0.29) is 36.0 Å². The number of aryl methyl sites for hydroxylation is 1. The van der Waals surface area contributed by atoms with E-state index in [9.17, 15) is 36.3 Å². The maximum absolute atomic E-state index is 13.5. The summed E-state index contributed by atoms with van der Waals surface area (Å²) in [6, 6.07) is 11.4. The number of hydrogen-bond acceptors (Lipinski definition) is 8. The van der Waals surface area contributed by atoms with Gasteiger partial charge in [0.15, 0.2) is 5.13 Å².